The van der Waals surface area contributed by atoms with Gasteiger partial charge in [0.25, 0.3) is 0 Å². The van der Waals surface area contributed by atoms with Crippen LogP contribution in [0.5, 0.6) is 0 Å². The first-order chi connectivity index (χ1) is 9.18. The minimum atomic E-state index is 0.250. The summed E-state index contributed by atoms with van der Waals surface area (Å²) in [6, 6.07) is 9.69. The average molecular weight is 276 g/mol. The second-order valence-electron chi connectivity index (χ2n) is 7.28. The van der Waals surface area contributed by atoms with Gasteiger partial charge in [-0.25, -0.2) is 0 Å². The summed E-state index contributed by atoms with van der Waals surface area (Å²) in [6.07, 6.45) is 0. The van der Waals surface area contributed by atoms with Crippen molar-refractivity contribution in [2.24, 2.45) is 11.1 Å². The fourth-order valence-electron chi connectivity index (χ4n) is 2.52. The minimum Gasteiger partial charge on any atom is -0.329 e. The highest BCUT2D eigenvalue weighted by Gasteiger charge is 2.28. The molecule has 0 saturated heterocycles. The van der Waals surface area contributed by atoms with Gasteiger partial charge in [0.05, 0.1) is 0 Å². The monoisotopic (exact) mass is 276 g/mol. The van der Waals surface area contributed by atoms with Crippen LogP contribution in [0.15, 0.2) is 24.3 Å². The molecule has 1 aromatic rings. The molecule has 1 aromatic carbocycles. The third-order valence-corrected chi connectivity index (χ3v) is 4.57. The quantitative estimate of drug-likeness (QED) is 0.874. The Bertz CT molecular complexity index is 400. The smallest absolute Gasteiger partial charge is 0.0470 e. The van der Waals surface area contributed by atoms with E-state index < -0.39 is 0 Å². The van der Waals surface area contributed by atoms with Crippen molar-refractivity contribution in [3.8, 4) is 0 Å². The fraction of sp³-hybridized carbons (Fsp3) is 0.667. The van der Waals surface area contributed by atoms with Crippen molar-refractivity contribution >= 4 is 0 Å². The first kappa shape index (κ1) is 17.2. The zero-order valence-electron chi connectivity index (χ0n) is 14.3. The van der Waals surface area contributed by atoms with Crippen molar-refractivity contribution in [1.82, 2.24) is 4.90 Å². The Morgan fingerprint density at radius 1 is 1.00 bits per heavy atom. The van der Waals surface area contributed by atoms with E-state index in [-0.39, 0.29) is 11.5 Å². The SMILES string of the molecule is CC(C)c1ccc(C(CN)N(C)C(C)C(C)(C)C)cc1. The molecule has 2 unspecified atom stereocenters. The van der Waals surface area contributed by atoms with Gasteiger partial charge < -0.3 is 5.73 Å². The summed E-state index contributed by atoms with van der Waals surface area (Å²) < 4.78 is 0. The Hall–Kier alpha value is -0.860. The molecule has 0 amide bonds. The predicted octanol–water partition coefficient (Wildman–Crippen LogP) is 4.18. The van der Waals surface area contributed by atoms with Crippen LogP contribution in [0, 0.1) is 5.41 Å². The molecular weight excluding hydrogens is 244 g/mol. The van der Waals surface area contributed by atoms with Gasteiger partial charge in [0, 0.05) is 18.6 Å². The van der Waals surface area contributed by atoms with Gasteiger partial charge in [-0.3, -0.25) is 4.90 Å². The van der Waals surface area contributed by atoms with E-state index in [0.717, 1.165) is 0 Å². The molecule has 20 heavy (non-hydrogen) atoms. The molecular formula is C18H32N2. The molecule has 0 saturated carbocycles. The topological polar surface area (TPSA) is 29.3 Å². The largest absolute Gasteiger partial charge is 0.329 e. The normalized spacial score (nSPS) is 15.7. The maximum Gasteiger partial charge on any atom is 0.0470 e. The highest BCUT2D eigenvalue weighted by atomic mass is 15.2. The van der Waals surface area contributed by atoms with Gasteiger partial charge in [-0.2, -0.15) is 0 Å². The molecule has 0 aromatic heterocycles. The van der Waals surface area contributed by atoms with Crippen LogP contribution in [-0.4, -0.2) is 24.5 Å². The van der Waals surface area contributed by atoms with Gasteiger partial charge in [0.15, 0.2) is 0 Å². The number of nitrogens with two attached hydrogens (primary N) is 1. The van der Waals surface area contributed by atoms with E-state index in [1.807, 2.05) is 0 Å². The lowest BCUT2D eigenvalue weighted by molar-refractivity contribution is 0.100. The van der Waals surface area contributed by atoms with Gasteiger partial charge in [0.2, 0.25) is 0 Å². The minimum absolute atomic E-state index is 0.250. The molecule has 0 heterocycles. The Labute approximate surface area is 125 Å². The molecule has 0 radical (unpaired) electrons. The molecule has 2 N–H and O–H groups in total. The summed E-state index contributed by atoms with van der Waals surface area (Å²) in [6.45, 7) is 14.2. The highest BCUT2D eigenvalue weighted by Crippen LogP contribution is 2.30. The van der Waals surface area contributed by atoms with Gasteiger partial charge in [-0.1, -0.05) is 58.9 Å². The van der Waals surface area contributed by atoms with E-state index in [1.54, 1.807) is 0 Å². The predicted molar refractivity (Wildman–Crippen MR) is 89.0 cm³/mol. The maximum absolute atomic E-state index is 6.04. The number of likely N-dealkylation sites (N-methyl/N-ethyl adjacent to an activating group) is 1. The number of benzene rings is 1. The zero-order chi connectivity index (χ0) is 15.5. The van der Waals surface area contributed by atoms with Crippen molar-refractivity contribution in [2.75, 3.05) is 13.6 Å². The summed E-state index contributed by atoms with van der Waals surface area (Å²) >= 11 is 0. The first-order valence-electron chi connectivity index (χ1n) is 7.70. The van der Waals surface area contributed by atoms with E-state index >= 15 is 0 Å². The second kappa shape index (κ2) is 6.73. The summed E-state index contributed by atoms with van der Waals surface area (Å²) in [7, 11) is 2.18. The van der Waals surface area contributed by atoms with Crippen LogP contribution in [0.3, 0.4) is 0 Å². The molecule has 114 valence electrons. The summed E-state index contributed by atoms with van der Waals surface area (Å²) in [5, 5.41) is 0. The van der Waals surface area contributed by atoms with Crippen LogP contribution in [0.1, 0.15) is 64.6 Å². The molecule has 2 atom stereocenters. The number of rotatable bonds is 5. The van der Waals surface area contributed by atoms with Crippen molar-refractivity contribution in [3.63, 3.8) is 0 Å². The molecule has 2 nitrogen and oxygen atoms in total. The number of hydrogen-bond acceptors (Lipinski definition) is 2. The number of nitrogens with zero attached hydrogens (tertiary/aromatic N) is 1. The lowest BCUT2D eigenvalue weighted by atomic mass is 9.85. The molecule has 0 spiro atoms. The summed E-state index contributed by atoms with van der Waals surface area (Å²) in [4.78, 5) is 2.41. The van der Waals surface area contributed by atoms with Crippen LogP contribution in [0.25, 0.3) is 0 Å². The van der Waals surface area contributed by atoms with Crippen molar-refractivity contribution < 1.29 is 0 Å². The molecule has 0 aliphatic rings. The van der Waals surface area contributed by atoms with Crippen LogP contribution in [0.2, 0.25) is 0 Å². The van der Waals surface area contributed by atoms with Crippen molar-refractivity contribution in [3.05, 3.63) is 35.4 Å². The van der Waals surface area contributed by atoms with E-state index in [0.29, 0.717) is 18.5 Å². The van der Waals surface area contributed by atoms with Gasteiger partial charge in [-0.15, -0.1) is 0 Å². The fourth-order valence-corrected chi connectivity index (χ4v) is 2.52. The lowest BCUT2D eigenvalue weighted by Gasteiger charge is -2.40. The zero-order valence-corrected chi connectivity index (χ0v) is 14.3. The van der Waals surface area contributed by atoms with E-state index in [4.69, 9.17) is 5.73 Å². The Morgan fingerprint density at radius 2 is 1.45 bits per heavy atom. The molecule has 0 fully saturated rings. The number of hydrogen-bond donors (Lipinski definition) is 1. The van der Waals surface area contributed by atoms with Crippen molar-refractivity contribution in [2.45, 2.75) is 59.5 Å². The van der Waals surface area contributed by atoms with Crippen molar-refractivity contribution in [1.29, 1.82) is 0 Å². The maximum atomic E-state index is 6.04. The van der Waals surface area contributed by atoms with Crippen LogP contribution >= 0.6 is 0 Å². The second-order valence-corrected chi connectivity index (χ2v) is 7.28. The molecule has 1 rings (SSSR count). The van der Waals surface area contributed by atoms with E-state index in [9.17, 15) is 0 Å². The molecule has 0 aliphatic carbocycles. The summed E-state index contributed by atoms with van der Waals surface area (Å²) in [5.74, 6) is 0.576. The van der Waals surface area contributed by atoms with Crippen LogP contribution in [-0.2, 0) is 0 Å². The van der Waals surface area contributed by atoms with Gasteiger partial charge in [-0.05, 0) is 36.4 Å². The average Bonchev–Trinajstić information content (AvgIpc) is 2.38. The van der Waals surface area contributed by atoms with Crippen LogP contribution < -0.4 is 5.73 Å². The Balaban J connectivity index is 2.95. The van der Waals surface area contributed by atoms with Crippen LogP contribution in [0.4, 0.5) is 0 Å². The standard InChI is InChI=1S/C18H32N2/c1-13(2)15-8-10-16(11-9-15)17(12-19)20(7)14(3)18(4,5)6/h8-11,13-14,17H,12,19H2,1-7H3. The van der Waals surface area contributed by atoms with E-state index in [2.05, 4.69) is 77.8 Å². The van der Waals surface area contributed by atoms with E-state index in [1.165, 1.54) is 11.1 Å². The summed E-state index contributed by atoms with van der Waals surface area (Å²) in [5.41, 5.74) is 8.99. The van der Waals surface area contributed by atoms with Gasteiger partial charge >= 0.3 is 0 Å². The first-order valence-corrected chi connectivity index (χ1v) is 7.70. The Morgan fingerprint density at radius 3 is 1.80 bits per heavy atom. The molecule has 0 bridgehead atoms. The third kappa shape index (κ3) is 4.07. The lowest BCUT2D eigenvalue weighted by Crippen LogP contribution is -2.43. The highest BCUT2D eigenvalue weighted by molar-refractivity contribution is 5.27. The molecule has 0 aliphatic heterocycles. The third-order valence-electron chi connectivity index (χ3n) is 4.57. The Kier molecular flexibility index (Phi) is 5.79. The van der Waals surface area contributed by atoms with Gasteiger partial charge in [0.1, 0.15) is 0 Å². The molecule has 2 heteroatoms.